The Morgan fingerprint density at radius 1 is 1.32 bits per heavy atom. The lowest BCUT2D eigenvalue weighted by Crippen LogP contribution is -2.44. The van der Waals surface area contributed by atoms with Crippen molar-refractivity contribution in [2.24, 2.45) is 5.73 Å². The van der Waals surface area contributed by atoms with Gasteiger partial charge >= 0.3 is 5.69 Å². The smallest absolute Gasteiger partial charge is 0.330 e. The topological polar surface area (TPSA) is 217 Å². The second-order valence-corrected chi connectivity index (χ2v) is 7.95. The first-order valence-corrected chi connectivity index (χ1v) is 10.8. The van der Waals surface area contributed by atoms with Crippen molar-refractivity contribution in [2.45, 2.75) is 50.2 Å². The molecule has 1 aliphatic rings. The van der Waals surface area contributed by atoms with Gasteiger partial charge in [0.05, 0.1) is 30.8 Å². The van der Waals surface area contributed by atoms with Crippen LogP contribution in [0.2, 0.25) is 0 Å². The maximum atomic E-state index is 12.1. The molecule has 2 aromatic heterocycles. The number of nitrogens with one attached hydrogen (secondary N) is 4. The Balaban J connectivity index is 1.43. The third-order valence-electron chi connectivity index (χ3n) is 5.42. The summed E-state index contributed by atoms with van der Waals surface area (Å²) in [5, 5.41) is 24.3. The zero-order valence-corrected chi connectivity index (χ0v) is 18.4. The molecular weight excluding hydrogens is 450 g/mol. The van der Waals surface area contributed by atoms with Crippen molar-refractivity contribution in [3.63, 3.8) is 0 Å². The molecule has 0 aromatic carbocycles. The molecule has 1 fully saturated rings. The van der Waals surface area contributed by atoms with Gasteiger partial charge in [-0.1, -0.05) is 0 Å². The van der Waals surface area contributed by atoms with Crippen LogP contribution in [0.4, 0.5) is 0 Å². The molecule has 0 radical (unpaired) electrons. The first-order valence-electron chi connectivity index (χ1n) is 10.8. The number of H-pyrrole nitrogens is 2. The third kappa shape index (κ3) is 6.60. The average Bonchev–Trinajstić information content (AvgIpc) is 3.45. The summed E-state index contributed by atoms with van der Waals surface area (Å²) in [4.78, 5) is 57.4. The van der Waals surface area contributed by atoms with Crippen LogP contribution in [0.1, 0.15) is 30.3 Å². The molecule has 0 bridgehead atoms. The Kier molecular flexibility index (Phi) is 8.70. The summed E-state index contributed by atoms with van der Waals surface area (Å²) >= 11 is 0. The van der Waals surface area contributed by atoms with Gasteiger partial charge in [-0.05, 0) is 6.42 Å². The van der Waals surface area contributed by atoms with E-state index in [1.807, 2.05) is 0 Å². The molecule has 2 amide bonds. The van der Waals surface area contributed by atoms with E-state index in [4.69, 9.17) is 10.5 Å². The Hall–Kier alpha value is -3.33. The van der Waals surface area contributed by atoms with Crippen molar-refractivity contribution in [1.29, 1.82) is 0 Å². The van der Waals surface area contributed by atoms with E-state index in [0.29, 0.717) is 5.69 Å². The first-order chi connectivity index (χ1) is 16.3. The molecule has 2 aromatic rings. The van der Waals surface area contributed by atoms with Crippen LogP contribution in [0.25, 0.3) is 0 Å². The highest BCUT2D eigenvalue weighted by molar-refractivity contribution is 5.81. The van der Waals surface area contributed by atoms with Gasteiger partial charge in [-0.25, -0.2) is 9.78 Å². The minimum atomic E-state index is -0.941. The molecule has 0 saturated carbocycles. The van der Waals surface area contributed by atoms with Gasteiger partial charge in [0.25, 0.3) is 5.56 Å². The van der Waals surface area contributed by atoms with Crippen LogP contribution in [0, 0.1) is 0 Å². The van der Waals surface area contributed by atoms with E-state index in [9.17, 15) is 29.4 Å². The number of aliphatic hydroxyl groups is 2. The van der Waals surface area contributed by atoms with Gasteiger partial charge in [0.15, 0.2) is 0 Å². The lowest BCUT2D eigenvalue weighted by molar-refractivity contribution is -0.123. The number of rotatable bonds is 11. The number of hydrogen-bond acceptors (Lipinski definition) is 9. The number of aromatic nitrogens is 4. The minimum Gasteiger partial charge on any atom is -0.394 e. The van der Waals surface area contributed by atoms with Crippen LogP contribution < -0.4 is 27.6 Å². The van der Waals surface area contributed by atoms with E-state index in [1.165, 1.54) is 12.5 Å². The highest BCUT2D eigenvalue weighted by Crippen LogP contribution is 2.27. The predicted octanol–water partition coefficient (Wildman–Crippen LogP) is -3.36. The number of amides is 2. The van der Waals surface area contributed by atoms with Gasteiger partial charge in [-0.15, -0.1) is 0 Å². The number of nitrogens with zero attached hydrogens (tertiary/aromatic N) is 2. The monoisotopic (exact) mass is 479 g/mol. The van der Waals surface area contributed by atoms with Crippen molar-refractivity contribution in [1.82, 2.24) is 30.2 Å². The summed E-state index contributed by atoms with van der Waals surface area (Å²) in [6, 6.07) is -0.765. The van der Waals surface area contributed by atoms with E-state index in [0.717, 1.165) is 4.57 Å². The maximum Gasteiger partial charge on any atom is 0.330 e. The van der Waals surface area contributed by atoms with Gasteiger partial charge in [0, 0.05) is 50.3 Å². The van der Waals surface area contributed by atoms with E-state index in [-0.39, 0.29) is 56.2 Å². The minimum absolute atomic E-state index is 0.0265. The number of aryl methyl sites for hydroxylation is 1. The lowest BCUT2D eigenvalue weighted by Gasteiger charge is -2.15. The Morgan fingerprint density at radius 2 is 2.09 bits per heavy atom. The van der Waals surface area contributed by atoms with Crippen molar-refractivity contribution < 1.29 is 24.5 Å². The van der Waals surface area contributed by atoms with Gasteiger partial charge < -0.3 is 36.3 Å². The molecule has 3 rings (SSSR count). The number of carbonyl (C=O) groups is 2. The zero-order chi connectivity index (χ0) is 24.7. The van der Waals surface area contributed by atoms with Gasteiger partial charge in [0.1, 0.15) is 12.3 Å². The number of nitrogens with two attached hydrogens (primary N) is 1. The van der Waals surface area contributed by atoms with Crippen LogP contribution in [0.5, 0.6) is 0 Å². The number of imidazole rings is 1. The summed E-state index contributed by atoms with van der Waals surface area (Å²) in [5.74, 6) is -0.714. The van der Waals surface area contributed by atoms with Crippen molar-refractivity contribution >= 4 is 11.8 Å². The normalized spacial score (nSPS) is 20.7. The molecule has 0 aliphatic carbocycles. The van der Waals surface area contributed by atoms with Gasteiger partial charge in [-0.2, -0.15) is 0 Å². The average molecular weight is 479 g/mol. The number of aromatic amines is 2. The molecule has 14 nitrogen and oxygen atoms in total. The molecule has 2 unspecified atom stereocenters. The number of ether oxygens (including phenoxy) is 1. The molecule has 1 aliphatic heterocycles. The second-order valence-electron chi connectivity index (χ2n) is 7.95. The molecule has 186 valence electrons. The molecule has 14 heteroatoms. The molecule has 3 heterocycles. The zero-order valence-electron chi connectivity index (χ0n) is 18.4. The van der Waals surface area contributed by atoms with E-state index >= 15 is 0 Å². The molecule has 0 spiro atoms. The largest absolute Gasteiger partial charge is 0.394 e. The predicted molar refractivity (Wildman–Crippen MR) is 118 cm³/mol. The quantitative estimate of drug-likeness (QED) is 0.160. The first kappa shape index (κ1) is 25.3. The Morgan fingerprint density at radius 3 is 2.76 bits per heavy atom. The van der Waals surface area contributed by atoms with Crippen LogP contribution in [0.15, 0.2) is 28.3 Å². The summed E-state index contributed by atoms with van der Waals surface area (Å²) in [6.07, 6.45) is 2.24. The molecule has 1 saturated heterocycles. The highest BCUT2D eigenvalue weighted by atomic mass is 16.5. The van der Waals surface area contributed by atoms with Crippen LogP contribution in [-0.4, -0.2) is 79.5 Å². The SMILES string of the molecule is NC(Cc1c[nH]cn1)C(=O)NCCNC(=O)CCc1cn([C@@H]2CC(O)[C@H](CO)O2)c(=O)[nH]c1=O. The molecule has 34 heavy (non-hydrogen) atoms. The standard InChI is InChI=1S/C20H29N7O7/c21-13(5-12-7-22-10-25-12)19(32)24-4-3-23-16(30)2-1-11-8-27(20(33)26-18(11)31)17-6-14(29)15(9-28)34-17/h7-8,10,13-15,17,28-29H,1-6,9,21H2,(H,22,25)(H,23,30)(H,24,32)(H,26,31,33)/t13?,14?,15-,17-/m0/s1. The number of carbonyl (C=O) groups excluding carboxylic acids is 2. The molecule has 8 N–H and O–H groups in total. The number of aliphatic hydroxyl groups excluding tert-OH is 2. The summed E-state index contributed by atoms with van der Waals surface area (Å²) < 4.78 is 6.59. The summed E-state index contributed by atoms with van der Waals surface area (Å²) in [7, 11) is 0. The molecular formula is C20H29N7O7. The van der Waals surface area contributed by atoms with Crippen LogP contribution in [0.3, 0.4) is 0 Å². The van der Waals surface area contributed by atoms with Crippen molar-refractivity contribution in [3.05, 3.63) is 50.8 Å². The Bertz CT molecular complexity index is 1080. The fourth-order valence-corrected chi connectivity index (χ4v) is 3.55. The highest BCUT2D eigenvalue weighted by Gasteiger charge is 2.35. The lowest BCUT2D eigenvalue weighted by atomic mass is 10.1. The van der Waals surface area contributed by atoms with E-state index < -0.39 is 42.3 Å². The molecule has 4 atom stereocenters. The Labute approximate surface area is 193 Å². The summed E-state index contributed by atoms with van der Waals surface area (Å²) in [6.45, 7) is -0.0527. The van der Waals surface area contributed by atoms with E-state index in [1.54, 1.807) is 6.20 Å². The van der Waals surface area contributed by atoms with Crippen molar-refractivity contribution in [2.75, 3.05) is 19.7 Å². The van der Waals surface area contributed by atoms with Gasteiger partial charge in [0.2, 0.25) is 11.8 Å². The van der Waals surface area contributed by atoms with Crippen molar-refractivity contribution in [3.8, 4) is 0 Å². The van der Waals surface area contributed by atoms with Crippen LogP contribution in [-0.2, 0) is 27.2 Å². The number of hydrogen-bond donors (Lipinski definition) is 7. The fraction of sp³-hybridized carbons (Fsp3) is 0.550. The second kappa shape index (κ2) is 11.7. The fourth-order valence-electron chi connectivity index (χ4n) is 3.55. The van der Waals surface area contributed by atoms with Crippen LogP contribution >= 0.6 is 0 Å². The third-order valence-corrected chi connectivity index (χ3v) is 5.42. The van der Waals surface area contributed by atoms with Gasteiger partial charge in [-0.3, -0.25) is 23.9 Å². The maximum absolute atomic E-state index is 12.1. The van der Waals surface area contributed by atoms with E-state index in [2.05, 4.69) is 25.6 Å². The summed E-state index contributed by atoms with van der Waals surface area (Å²) in [5.41, 5.74) is 5.35.